The number of hydrogen-bond donors (Lipinski definition) is 1. The summed E-state index contributed by atoms with van der Waals surface area (Å²) in [6, 6.07) is 2.57. The van der Waals surface area contributed by atoms with E-state index in [1.54, 1.807) is 12.1 Å². The molecule has 0 spiro atoms. The number of methoxy groups -OCH3 is 1. The van der Waals surface area contributed by atoms with Crippen LogP contribution in [0.15, 0.2) is 16.5 Å². The Morgan fingerprint density at radius 1 is 1.71 bits per heavy atom. The van der Waals surface area contributed by atoms with Gasteiger partial charge in [0.15, 0.2) is 5.22 Å². The number of esters is 1. The molecule has 1 heterocycles. The van der Waals surface area contributed by atoms with E-state index in [1.165, 1.54) is 7.11 Å². The average molecular weight is 240 g/mol. The van der Waals surface area contributed by atoms with Crippen molar-refractivity contribution in [2.75, 3.05) is 7.11 Å². The fraction of sp³-hybridized carbons (Fsp3) is 0.375. The van der Waals surface area contributed by atoms with Crippen molar-refractivity contribution in [2.24, 2.45) is 5.73 Å². The van der Waals surface area contributed by atoms with Gasteiger partial charge in [-0.15, -0.1) is 12.4 Å². The molecule has 0 aliphatic rings. The van der Waals surface area contributed by atoms with Crippen molar-refractivity contribution < 1.29 is 13.9 Å². The van der Waals surface area contributed by atoms with E-state index in [9.17, 15) is 4.79 Å². The molecular weight excluding hydrogens is 229 g/mol. The van der Waals surface area contributed by atoms with E-state index in [2.05, 4.69) is 4.74 Å². The predicted molar refractivity (Wildman–Crippen MR) is 54.7 cm³/mol. The van der Waals surface area contributed by atoms with E-state index in [-0.39, 0.29) is 17.6 Å². The van der Waals surface area contributed by atoms with Crippen molar-refractivity contribution >= 4 is 30.0 Å². The summed E-state index contributed by atoms with van der Waals surface area (Å²) in [5.74, 6) is 0.107. The molecule has 4 nitrogen and oxygen atoms in total. The maximum Gasteiger partial charge on any atom is 0.323 e. The molecule has 0 unspecified atom stereocenters. The average Bonchev–Trinajstić information content (AvgIpc) is 2.49. The normalized spacial score (nSPS) is 11.6. The second-order valence-corrected chi connectivity index (χ2v) is 2.91. The van der Waals surface area contributed by atoms with Crippen LogP contribution in [0.1, 0.15) is 5.76 Å². The molecule has 14 heavy (non-hydrogen) atoms. The van der Waals surface area contributed by atoms with Crippen molar-refractivity contribution in [3.63, 3.8) is 0 Å². The number of rotatable bonds is 3. The minimum absolute atomic E-state index is 0. The molecule has 0 radical (unpaired) electrons. The molecule has 1 rings (SSSR count). The monoisotopic (exact) mass is 239 g/mol. The quantitative estimate of drug-likeness (QED) is 0.811. The number of carbonyl (C=O) groups is 1. The molecule has 0 aliphatic carbocycles. The van der Waals surface area contributed by atoms with Gasteiger partial charge in [-0.05, 0) is 23.7 Å². The third-order valence-electron chi connectivity index (χ3n) is 1.55. The molecule has 1 aromatic heterocycles. The highest BCUT2D eigenvalue weighted by Crippen LogP contribution is 2.14. The first-order chi connectivity index (χ1) is 6.13. The molecule has 1 atom stereocenters. The first kappa shape index (κ1) is 13.3. The Morgan fingerprint density at radius 3 is 2.79 bits per heavy atom. The molecule has 6 heteroatoms. The van der Waals surface area contributed by atoms with E-state index in [0.29, 0.717) is 12.2 Å². The summed E-state index contributed by atoms with van der Waals surface area (Å²) in [5.41, 5.74) is 5.49. The minimum Gasteiger partial charge on any atom is -0.468 e. The third kappa shape index (κ3) is 3.57. The Hall–Kier alpha value is -0.710. The van der Waals surface area contributed by atoms with Crippen LogP contribution >= 0.6 is 24.0 Å². The second kappa shape index (κ2) is 5.90. The zero-order chi connectivity index (χ0) is 9.84. The van der Waals surface area contributed by atoms with Crippen LogP contribution in [-0.2, 0) is 16.0 Å². The SMILES string of the molecule is COC(=O)[C@@H](N)Cc1ccc(Cl)o1.Cl. The standard InChI is InChI=1S/C8H10ClNO3.ClH/c1-12-8(11)6(10)4-5-2-3-7(9)13-5;/h2-3,6H,4,10H2,1H3;1H/t6-;/m0./s1. The van der Waals surface area contributed by atoms with Crippen LogP contribution in [0, 0.1) is 0 Å². The fourth-order valence-electron chi connectivity index (χ4n) is 0.913. The van der Waals surface area contributed by atoms with E-state index < -0.39 is 12.0 Å². The first-order valence-corrected chi connectivity index (χ1v) is 4.09. The van der Waals surface area contributed by atoms with Gasteiger partial charge in [-0.2, -0.15) is 0 Å². The zero-order valence-corrected chi connectivity index (χ0v) is 9.10. The van der Waals surface area contributed by atoms with Crippen molar-refractivity contribution in [2.45, 2.75) is 12.5 Å². The van der Waals surface area contributed by atoms with E-state index in [1.807, 2.05) is 0 Å². The zero-order valence-electron chi connectivity index (χ0n) is 7.53. The third-order valence-corrected chi connectivity index (χ3v) is 1.76. The second-order valence-electron chi connectivity index (χ2n) is 2.54. The Balaban J connectivity index is 0.00000169. The Labute approximate surface area is 92.8 Å². The van der Waals surface area contributed by atoms with Crippen molar-refractivity contribution in [1.29, 1.82) is 0 Å². The van der Waals surface area contributed by atoms with Crippen LogP contribution in [0.25, 0.3) is 0 Å². The van der Waals surface area contributed by atoms with Gasteiger partial charge in [0.25, 0.3) is 0 Å². The van der Waals surface area contributed by atoms with Gasteiger partial charge in [0.1, 0.15) is 11.8 Å². The Morgan fingerprint density at radius 2 is 2.36 bits per heavy atom. The van der Waals surface area contributed by atoms with Gasteiger partial charge in [0, 0.05) is 6.42 Å². The number of carbonyl (C=O) groups excluding carboxylic acids is 1. The largest absolute Gasteiger partial charge is 0.468 e. The molecular formula is C8H11Cl2NO3. The molecule has 0 aromatic carbocycles. The number of hydrogen-bond acceptors (Lipinski definition) is 4. The molecule has 2 N–H and O–H groups in total. The molecule has 0 amide bonds. The van der Waals surface area contributed by atoms with Gasteiger partial charge in [0.05, 0.1) is 7.11 Å². The minimum atomic E-state index is -0.702. The summed E-state index contributed by atoms with van der Waals surface area (Å²) in [5, 5.41) is 0.284. The molecule has 0 bridgehead atoms. The lowest BCUT2D eigenvalue weighted by Crippen LogP contribution is -2.33. The lowest BCUT2D eigenvalue weighted by atomic mass is 10.2. The van der Waals surface area contributed by atoms with Crippen LogP contribution in [0.3, 0.4) is 0 Å². The number of nitrogens with two attached hydrogens (primary N) is 1. The summed E-state index contributed by atoms with van der Waals surface area (Å²) in [6.45, 7) is 0. The van der Waals surface area contributed by atoms with Crippen molar-refractivity contribution in [3.05, 3.63) is 23.1 Å². The highest BCUT2D eigenvalue weighted by atomic mass is 35.5. The van der Waals surface area contributed by atoms with Crippen molar-refractivity contribution in [3.8, 4) is 0 Å². The van der Waals surface area contributed by atoms with Crippen molar-refractivity contribution in [1.82, 2.24) is 0 Å². The molecule has 0 saturated heterocycles. The molecule has 0 fully saturated rings. The maximum absolute atomic E-state index is 10.9. The van der Waals surface area contributed by atoms with Crippen LogP contribution in [-0.4, -0.2) is 19.1 Å². The van der Waals surface area contributed by atoms with Crippen LogP contribution < -0.4 is 5.73 Å². The van der Waals surface area contributed by atoms with Crippen LogP contribution in [0.4, 0.5) is 0 Å². The van der Waals surface area contributed by atoms with Crippen LogP contribution in [0.5, 0.6) is 0 Å². The van der Waals surface area contributed by atoms with E-state index in [0.717, 1.165) is 0 Å². The first-order valence-electron chi connectivity index (χ1n) is 3.71. The summed E-state index contributed by atoms with van der Waals surface area (Å²) >= 11 is 5.53. The van der Waals surface area contributed by atoms with Gasteiger partial charge >= 0.3 is 5.97 Å². The predicted octanol–water partition coefficient (Wildman–Crippen LogP) is 1.40. The highest BCUT2D eigenvalue weighted by Gasteiger charge is 2.15. The maximum atomic E-state index is 10.9. The van der Waals surface area contributed by atoms with Gasteiger partial charge in [0.2, 0.25) is 0 Å². The summed E-state index contributed by atoms with van der Waals surface area (Å²) in [7, 11) is 1.29. The molecule has 80 valence electrons. The number of halogens is 2. The van der Waals surface area contributed by atoms with Gasteiger partial charge < -0.3 is 14.9 Å². The molecule has 1 aromatic rings. The fourth-order valence-corrected chi connectivity index (χ4v) is 1.07. The van der Waals surface area contributed by atoms with E-state index in [4.69, 9.17) is 21.8 Å². The summed E-state index contributed by atoms with van der Waals surface area (Å²) < 4.78 is 9.48. The lowest BCUT2D eigenvalue weighted by molar-refractivity contribution is -0.142. The molecule has 0 saturated carbocycles. The van der Waals surface area contributed by atoms with Crippen LogP contribution in [0.2, 0.25) is 5.22 Å². The number of ether oxygens (including phenoxy) is 1. The van der Waals surface area contributed by atoms with E-state index >= 15 is 0 Å². The lowest BCUT2D eigenvalue weighted by Gasteiger charge is -2.05. The Bertz CT molecular complexity index is 301. The topological polar surface area (TPSA) is 65.5 Å². The smallest absolute Gasteiger partial charge is 0.323 e. The number of furan rings is 1. The summed E-state index contributed by atoms with van der Waals surface area (Å²) in [4.78, 5) is 10.9. The Kier molecular flexibility index (Phi) is 5.60. The summed E-state index contributed by atoms with van der Waals surface area (Å²) in [6.07, 6.45) is 0.291. The highest BCUT2D eigenvalue weighted by molar-refractivity contribution is 6.28. The van der Waals surface area contributed by atoms with Gasteiger partial charge in [-0.1, -0.05) is 0 Å². The van der Waals surface area contributed by atoms with Gasteiger partial charge in [-0.25, -0.2) is 0 Å². The van der Waals surface area contributed by atoms with Gasteiger partial charge in [-0.3, -0.25) is 4.79 Å². The molecule has 0 aliphatic heterocycles.